The summed E-state index contributed by atoms with van der Waals surface area (Å²) in [5, 5.41) is 7.94. The van der Waals surface area contributed by atoms with Gasteiger partial charge < -0.3 is 16.1 Å². The van der Waals surface area contributed by atoms with Gasteiger partial charge in [0, 0.05) is 43.5 Å². The fraction of sp³-hybridized carbons (Fsp3) is 0.421. The van der Waals surface area contributed by atoms with Crippen LogP contribution in [-0.4, -0.2) is 32.4 Å². The Morgan fingerprint density at radius 3 is 2.78 bits per heavy atom. The van der Waals surface area contributed by atoms with Gasteiger partial charge in [-0.1, -0.05) is 13.0 Å². The number of piperidine rings is 1. The van der Waals surface area contributed by atoms with Gasteiger partial charge in [0.15, 0.2) is 5.65 Å². The highest BCUT2D eigenvalue weighted by molar-refractivity contribution is 5.61. The number of nitrogens with one attached hydrogen (secondary N) is 1. The lowest BCUT2D eigenvalue weighted by molar-refractivity contribution is 0.573. The molecular weight excluding hydrogens is 342 g/mol. The molecule has 4 heterocycles. The van der Waals surface area contributed by atoms with Crippen LogP contribution < -0.4 is 21.6 Å². The molecule has 3 N–H and O–H groups in total. The molecule has 8 heteroatoms. The molecule has 0 saturated carbocycles. The number of anilines is 2. The van der Waals surface area contributed by atoms with Gasteiger partial charge in [-0.2, -0.15) is 9.61 Å². The quantitative estimate of drug-likeness (QED) is 0.668. The second kappa shape index (κ2) is 7.30. The van der Waals surface area contributed by atoms with Crippen LogP contribution in [0.5, 0.6) is 0 Å². The van der Waals surface area contributed by atoms with Crippen molar-refractivity contribution < 1.29 is 0 Å². The van der Waals surface area contributed by atoms with Crippen molar-refractivity contribution in [3.63, 3.8) is 0 Å². The van der Waals surface area contributed by atoms with Crippen molar-refractivity contribution in [1.29, 1.82) is 0 Å². The number of nitrogens with two attached hydrogens (primary N) is 1. The zero-order chi connectivity index (χ0) is 18.8. The molecule has 142 valence electrons. The predicted molar refractivity (Wildman–Crippen MR) is 107 cm³/mol. The minimum atomic E-state index is -0.225. The monoisotopic (exact) mass is 367 g/mol. The molecule has 0 unspecified atom stereocenters. The van der Waals surface area contributed by atoms with Crippen LogP contribution in [0.1, 0.15) is 37.3 Å². The van der Waals surface area contributed by atoms with Crippen LogP contribution >= 0.6 is 0 Å². The molecule has 0 radical (unpaired) electrons. The van der Waals surface area contributed by atoms with Crippen LogP contribution in [0.3, 0.4) is 0 Å². The first-order valence-corrected chi connectivity index (χ1v) is 9.49. The molecule has 0 spiro atoms. The average molecular weight is 367 g/mol. The fourth-order valence-electron chi connectivity index (χ4n) is 3.50. The van der Waals surface area contributed by atoms with E-state index in [1.807, 2.05) is 10.7 Å². The Labute approximate surface area is 157 Å². The van der Waals surface area contributed by atoms with E-state index in [0.717, 1.165) is 52.6 Å². The largest absolute Gasteiger partial charge is 0.366 e. The van der Waals surface area contributed by atoms with E-state index < -0.39 is 0 Å². The SMILES string of the molecule is CCc1cnn2c(NCc3ccc(=O)n(N)c3)cc(N3CCCCC3)nc12. The van der Waals surface area contributed by atoms with Gasteiger partial charge in [0.05, 0.1) is 6.20 Å². The average Bonchev–Trinajstić information content (AvgIpc) is 3.12. The molecule has 8 nitrogen and oxygen atoms in total. The highest BCUT2D eigenvalue weighted by Gasteiger charge is 2.17. The number of hydrogen-bond donors (Lipinski definition) is 2. The molecule has 3 aromatic heterocycles. The lowest BCUT2D eigenvalue weighted by Gasteiger charge is -2.28. The number of fused-ring (bicyclic) bond motifs is 1. The molecule has 0 atom stereocenters. The van der Waals surface area contributed by atoms with E-state index in [-0.39, 0.29) is 5.56 Å². The van der Waals surface area contributed by atoms with Gasteiger partial charge in [-0.15, -0.1) is 0 Å². The van der Waals surface area contributed by atoms with E-state index in [2.05, 4.69) is 28.3 Å². The molecule has 1 aliphatic heterocycles. The van der Waals surface area contributed by atoms with Gasteiger partial charge in [0.25, 0.3) is 5.56 Å². The van der Waals surface area contributed by atoms with Crippen molar-refractivity contribution in [3.05, 3.63) is 52.1 Å². The molecule has 4 rings (SSSR count). The number of nitrogen functional groups attached to an aromatic ring is 1. The Hall–Kier alpha value is -3.03. The third-order valence-electron chi connectivity index (χ3n) is 5.07. The molecule has 0 bridgehead atoms. The van der Waals surface area contributed by atoms with Crippen LogP contribution in [0.25, 0.3) is 5.65 Å². The molecule has 0 aliphatic carbocycles. The fourth-order valence-corrected chi connectivity index (χ4v) is 3.50. The number of aromatic nitrogens is 4. The summed E-state index contributed by atoms with van der Waals surface area (Å²) in [5.41, 5.74) is 2.72. The summed E-state index contributed by atoms with van der Waals surface area (Å²) in [6.07, 6.45) is 8.09. The zero-order valence-electron chi connectivity index (χ0n) is 15.6. The molecule has 0 amide bonds. The zero-order valence-corrected chi connectivity index (χ0v) is 15.6. The summed E-state index contributed by atoms with van der Waals surface area (Å²) < 4.78 is 2.95. The van der Waals surface area contributed by atoms with E-state index in [1.54, 1.807) is 12.3 Å². The third-order valence-corrected chi connectivity index (χ3v) is 5.07. The molecule has 1 aliphatic rings. The molecule has 0 aromatic carbocycles. The van der Waals surface area contributed by atoms with Gasteiger partial charge in [-0.3, -0.25) is 4.79 Å². The number of rotatable bonds is 5. The second-order valence-electron chi connectivity index (χ2n) is 6.94. The van der Waals surface area contributed by atoms with Crippen molar-refractivity contribution in [3.8, 4) is 0 Å². The van der Waals surface area contributed by atoms with Crippen LogP contribution in [-0.2, 0) is 13.0 Å². The summed E-state index contributed by atoms with van der Waals surface area (Å²) in [4.78, 5) is 18.7. The summed E-state index contributed by atoms with van der Waals surface area (Å²) in [5.74, 6) is 7.54. The minimum absolute atomic E-state index is 0.225. The van der Waals surface area contributed by atoms with Crippen LogP contribution in [0.2, 0.25) is 0 Å². The molecule has 27 heavy (non-hydrogen) atoms. The topological polar surface area (TPSA) is 93.5 Å². The Morgan fingerprint density at radius 2 is 2.04 bits per heavy atom. The maximum Gasteiger partial charge on any atom is 0.268 e. The van der Waals surface area contributed by atoms with Crippen molar-refractivity contribution in [2.75, 3.05) is 29.1 Å². The Morgan fingerprint density at radius 1 is 1.22 bits per heavy atom. The normalized spacial score (nSPS) is 14.6. The lowest BCUT2D eigenvalue weighted by Crippen LogP contribution is -2.30. The lowest BCUT2D eigenvalue weighted by atomic mass is 10.1. The van der Waals surface area contributed by atoms with Crippen LogP contribution in [0.4, 0.5) is 11.6 Å². The summed E-state index contributed by atoms with van der Waals surface area (Å²) in [6, 6.07) is 5.31. The first-order chi connectivity index (χ1) is 13.2. The molecular formula is C19H25N7O. The Bertz CT molecular complexity index is 1000. The first-order valence-electron chi connectivity index (χ1n) is 9.49. The maximum absolute atomic E-state index is 11.5. The molecule has 3 aromatic rings. The van der Waals surface area contributed by atoms with Gasteiger partial charge in [-0.25, -0.2) is 9.66 Å². The molecule has 1 saturated heterocycles. The van der Waals surface area contributed by atoms with Gasteiger partial charge in [-0.05, 0) is 31.2 Å². The second-order valence-corrected chi connectivity index (χ2v) is 6.94. The van der Waals surface area contributed by atoms with Gasteiger partial charge in [0.1, 0.15) is 11.6 Å². The third kappa shape index (κ3) is 3.47. The standard InChI is InChI=1S/C19H25N7O/c1-2-15-12-22-26-16(21-11-14-6-7-18(27)25(20)13-14)10-17(23-19(15)26)24-8-4-3-5-9-24/h6-7,10,12-13,21H,2-5,8-9,11,20H2,1H3. The Kier molecular flexibility index (Phi) is 4.70. The highest BCUT2D eigenvalue weighted by atomic mass is 16.1. The minimum Gasteiger partial charge on any atom is -0.366 e. The van der Waals surface area contributed by atoms with E-state index in [9.17, 15) is 4.79 Å². The number of hydrogen-bond acceptors (Lipinski definition) is 6. The van der Waals surface area contributed by atoms with Crippen LogP contribution in [0, 0.1) is 0 Å². The predicted octanol–water partition coefficient (Wildman–Crippen LogP) is 1.77. The van der Waals surface area contributed by atoms with E-state index in [0.29, 0.717) is 6.54 Å². The van der Waals surface area contributed by atoms with E-state index >= 15 is 0 Å². The highest BCUT2D eigenvalue weighted by Crippen LogP contribution is 2.24. The van der Waals surface area contributed by atoms with Crippen molar-refractivity contribution in [1.82, 2.24) is 19.3 Å². The van der Waals surface area contributed by atoms with Gasteiger partial charge in [0.2, 0.25) is 0 Å². The molecule has 1 fully saturated rings. The van der Waals surface area contributed by atoms with E-state index in [4.69, 9.17) is 10.8 Å². The smallest absolute Gasteiger partial charge is 0.268 e. The van der Waals surface area contributed by atoms with Crippen molar-refractivity contribution in [2.24, 2.45) is 0 Å². The maximum atomic E-state index is 11.5. The first kappa shape index (κ1) is 17.4. The summed E-state index contributed by atoms with van der Waals surface area (Å²) in [6.45, 7) is 4.73. The summed E-state index contributed by atoms with van der Waals surface area (Å²) in [7, 11) is 0. The van der Waals surface area contributed by atoms with Gasteiger partial charge >= 0.3 is 0 Å². The van der Waals surface area contributed by atoms with Crippen molar-refractivity contribution >= 4 is 17.3 Å². The van der Waals surface area contributed by atoms with Crippen LogP contribution in [0.15, 0.2) is 35.4 Å². The Balaban J connectivity index is 1.68. The number of nitrogens with zero attached hydrogens (tertiary/aromatic N) is 5. The number of aryl methyl sites for hydroxylation is 1. The van der Waals surface area contributed by atoms with Crippen molar-refractivity contribution in [2.45, 2.75) is 39.2 Å². The summed E-state index contributed by atoms with van der Waals surface area (Å²) >= 11 is 0. The number of pyridine rings is 1. The van der Waals surface area contributed by atoms with E-state index in [1.165, 1.54) is 25.3 Å².